The summed E-state index contributed by atoms with van der Waals surface area (Å²) >= 11 is 0. The van der Waals surface area contributed by atoms with Gasteiger partial charge in [-0.1, -0.05) is 12.1 Å². The standard InChI is InChI=1S/C22H24F3NO4/c23-22(24,25)17-6-2-8-19(14-17)30-18-7-1-5-16(13-18)21(27)26-10-4-11-28-15-20-9-3-12-29-20/h1-2,5-8,13-14,20H,3-4,9-12,15H2,(H,26,27). The molecular weight excluding hydrogens is 399 g/mol. The van der Waals surface area contributed by atoms with Gasteiger partial charge < -0.3 is 19.5 Å². The number of benzene rings is 2. The Morgan fingerprint density at radius 3 is 2.63 bits per heavy atom. The minimum absolute atomic E-state index is 0.0470. The van der Waals surface area contributed by atoms with E-state index in [1.165, 1.54) is 18.2 Å². The maximum Gasteiger partial charge on any atom is 0.416 e. The lowest BCUT2D eigenvalue weighted by Crippen LogP contribution is -2.25. The molecule has 162 valence electrons. The fourth-order valence-electron chi connectivity index (χ4n) is 3.04. The SMILES string of the molecule is O=C(NCCCOCC1CCCO1)c1cccc(Oc2cccc(C(F)(F)F)c2)c1. The van der Waals surface area contributed by atoms with Crippen molar-refractivity contribution in [2.45, 2.75) is 31.5 Å². The summed E-state index contributed by atoms with van der Waals surface area (Å²) in [5, 5.41) is 2.79. The molecule has 0 radical (unpaired) electrons. The van der Waals surface area contributed by atoms with Gasteiger partial charge in [0, 0.05) is 25.3 Å². The van der Waals surface area contributed by atoms with Crippen molar-refractivity contribution in [3.8, 4) is 11.5 Å². The molecule has 0 aliphatic carbocycles. The molecule has 0 bridgehead atoms. The van der Waals surface area contributed by atoms with Crippen LogP contribution in [0.5, 0.6) is 11.5 Å². The zero-order valence-corrected chi connectivity index (χ0v) is 16.4. The van der Waals surface area contributed by atoms with E-state index in [4.69, 9.17) is 14.2 Å². The zero-order valence-electron chi connectivity index (χ0n) is 16.4. The molecule has 0 saturated carbocycles. The van der Waals surface area contributed by atoms with Gasteiger partial charge in [0.25, 0.3) is 5.91 Å². The number of carbonyl (C=O) groups excluding carboxylic acids is 1. The normalized spacial score (nSPS) is 16.4. The first-order valence-corrected chi connectivity index (χ1v) is 9.84. The number of carbonyl (C=O) groups is 1. The van der Waals surface area contributed by atoms with E-state index in [1.54, 1.807) is 18.2 Å². The van der Waals surface area contributed by atoms with E-state index in [0.29, 0.717) is 31.7 Å². The average Bonchev–Trinajstić information content (AvgIpc) is 3.24. The molecule has 5 nitrogen and oxygen atoms in total. The molecule has 30 heavy (non-hydrogen) atoms. The molecule has 1 aliphatic rings. The molecule has 1 fully saturated rings. The summed E-state index contributed by atoms with van der Waals surface area (Å²) in [7, 11) is 0. The fourth-order valence-corrected chi connectivity index (χ4v) is 3.04. The number of halogens is 3. The molecule has 0 aromatic heterocycles. The minimum atomic E-state index is -4.45. The Bertz CT molecular complexity index is 835. The van der Waals surface area contributed by atoms with Gasteiger partial charge in [-0.3, -0.25) is 4.79 Å². The number of ether oxygens (including phenoxy) is 3. The number of amides is 1. The lowest BCUT2D eigenvalue weighted by atomic mass is 10.2. The summed E-state index contributed by atoms with van der Waals surface area (Å²) in [6.45, 7) is 2.34. The van der Waals surface area contributed by atoms with E-state index in [9.17, 15) is 18.0 Å². The van der Waals surface area contributed by atoms with Gasteiger partial charge in [0.15, 0.2) is 0 Å². The summed E-state index contributed by atoms with van der Waals surface area (Å²) in [5.41, 5.74) is -0.435. The van der Waals surface area contributed by atoms with Crippen molar-refractivity contribution in [3.05, 3.63) is 59.7 Å². The third kappa shape index (κ3) is 6.74. The highest BCUT2D eigenvalue weighted by Crippen LogP contribution is 2.32. The van der Waals surface area contributed by atoms with Crippen LogP contribution in [0.1, 0.15) is 35.2 Å². The molecule has 1 heterocycles. The molecular formula is C22H24F3NO4. The van der Waals surface area contributed by atoms with Crippen molar-refractivity contribution < 1.29 is 32.2 Å². The van der Waals surface area contributed by atoms with E-state index in [0.717, 1.165) is 31.6 Å². The van der Waals surface area contributed by atoms with Gasteiger partial charge in [0.05, 0.1) is 18.3 Å². The third-order valence-electron chi connectivity index (χ3n) is 4.57. The van der Waals surface area contributed by atoms with Crippen LogP contribution in [0.15, 0.2) is 48.5 Å². The highest BCUT2D eigenvalue weighted by atomic mass is 19.4. The Balaban J connectivity index is 1.45. The minimum Gasteiger partial charge on any atom is -0.457 e. The average molecular weight is 423 g/mol. The van der Waals surface area contributed by atoms with Crippen molar-refractivity contribution >= 4 is 5.91 Å². The van der Waals surface area contributed by atoms with Crippen LogP contribution < -0.4 is 10.1 Å². The predicted molar refractivity (Wildman–Crippen MR) is 105 cm³/mol. The van der Waals surface area contributed by atoms with Crippen LogP contribution in [0.25, 0.3) is 0 Å². The van der Waals surface area contributed by atoms with Crippen LogP contribution in [0, 0.1) is 0 Å². The Morgan fingerprint density at radius 2 is 1.90 bits per heavy atom. The van der Waals surface area contributed by atoms with Crippen molar-refractivity contribution in [1.29, 1.82) is 0 Å². The Labute approximate surface area is 173 Å². The Kier molecular flexibility index (Phi) is 7.70. The second kappa shape index (κ2) is 10.4. The molecule has 2 aromatic carbocycles. The smallest absolute Gasteiger partial charge is 0.416 e. The molecule has 0 spiro atoms. The molecule has 3 rings (SSSR count). The van der Waals surface area contributed by atoms with E-state index >= 15 is 0 Å². The largest absolute Gasteiger partial charge is 0.457 e. The molecule has 1 unspecified atom stereocenters. The van der Waals surface area contributed by atoms with Crippen LogP contribution in [0.2, 0.25) is 0 Å². The van der Waals surface area contributed by atoms with E-state index < -0.39 is 11.7 Å². The van der Waals surface area contributed by atoms with E-state index in [1.807, 2.05) is 0 Å². The molecule has 2 aromatic rings. The van der Waals surface area contributed by atoms with Crippen molar-refractivity contribution in [3.63, 3.8) is 0 Å². The topological polar surface area (TPSA) is 56.8 Å². The fraction of sp³-hybridized carbons (Fsp3) is 0.409. The third-order valence-corrected chi connectivity index (χ3v) is 4.57. The van der Waals surface area contributed by atoms with Gasteiger partial charge in [-0.25, -0.2) is 0 Å². The van der Waals surface area contributed by atoms with Crippen molar-refractivity contribution in [2.24, 2.45) is 0 Å². The summed E-state index contributed by atoms with van der Waals surface area (Å²) in [4.78, 5) is 12.3. The molecule has 1 aliphatic heterocycles. The summed E-state index contributed by atoms with van der Waals surface area (Å²) < 4.78 is 55.0. The molecule has 1 amide bonds. The number of alkyl halides is 3. The molecule has 1 atom stereocenters. The van der Waals surface area contributed by atoms with Crippen LogP contribution in [0.4, 0.5) is 13.2 Å². The summed E-state index contributed by atoms with van der Waals surface area (Å²) in [6.07, 6.45) is -1.51. The number of hydrogen-bond acceptors (Lipinski definition) is 4. The quantitative estimate of drug-likeness (QED) is 0.588. The van der Waals surface area contributed by atoms with Gasteiger partial charge in [-0.15, -0.1) is 0 Å². The van der Waals surface area contributed by atoms with Crippen LogP contribution in [-0.2, 0) is 15.7 Å². The van der Waals surface area contributed by atoms with Gasteiger partial charge >= 0.3 is 6.18 Å². The highest BCUT2D eigenvalue weighted by Gasteiger charge is 2.30. The highest BCUT2D eigenvalue weighted by molar-refractivity contribution is 5.94. The summed E-state index contributed by atoms with van der Waals surface area (Å²) in [5.74, 6) is 0.0382. The monoisotopic (exact) mass is 423 g/mol. The maximum atomic E-state index is 12.8. The first-order valence-electron chi connectivity index (χ1n) is 9.84. The van der Waals surface area contributed by atoms with E-state index in [2.05, 4.69) is 5.32 Å². The summed E-state index contributed by atoms with van der Waals surface area (Å²) in [6, 6.07) is 10.9. The van der Waals surface area contributed by atoms with Crippen LogP contribution >= 0.6 is 0 Å². The van der Waals surface area contributed by atoms with E-state index in [-0.39, 0.29) is 23.5 Å². The van der Waals surface area contributed by atoms with Crippen molar-refractivity contribution in [2.75, 3.05) is 26.4 Å². The van der Waals surface area contributed by atoms with Gasteiger partial charge in [0.1, 0.15) is 11.5 Å². The van der Waals surface area contributed by atoms with Crippen molar-refractivity contribution in [1.82, 2.24) is 5.32 Å². The predicted octanol–water partition coefficient (Wildman–Crippen LogP) is 4.81. The first kappa shape index (κ1) is 22.1. The first-order chi connectivity index (χ1) is 14.4. The molecule has 1 saturated heterocycles. The van der Waals surface area contributed by atoms with Crippen LogP contribution in [-0.4, -0.2) is 38.4 Å². The molecule has 1 N–H and O–H groups in total. The number of nitrogens with one attached hydrogen (secondary N) is 1. The second-order valence-corrected chi connectivity index (χ2v) is 6.97. The molecule has 8 heteroatoms. The number of rotatable bonds is 9. The van der Waals surface area contributed by atoms with Gasteiger partial charge in [0.2, 0.25) is 0 Å². The Hall–Kier alpha value is -2.58. The number of hydrogen-bond donors (Lipinski definition) is 1. The second-order valence-electron chi connectivity index (χ2n) is 6.97. The van der Waals surface area contributed by atoms with Crippen LogP contribution in [0.3, 0.4) is 0 Å². The lowest BCUT2D eigenvalue weighted by molar-refractivity contribution is -0.137. The zero-order chi connectivity index (χ0) is 21.4. The Morgan fingerprint density at radius 1 is 1.13 bits per heavy atom. The van der Waals surface area contributed by atoms with Gasteiger partial charge in [-0.2, -0.15) is 13.2 Å². The maximum absolute atomic E-state index is 12.8. The lowest BCUT2D eigenvalue weighted by Gasteiger charge is -2.11. The van der Waals surface area contributed by atoms with Gasteiger partial charge in [-0.05, 0) is 55.7 Å².